The zero-order chi connectivity index (χ0) is 18.8. The molecular weight excluding hydrogens is 342 g/mol. The predicted molar refractivity (Wildman–Crippen MR) is 96.3 cm³/mol. The van der Waals surface area contributed by atoms with Gasteiger partial charge in [-0.1, -0.05) is 6.07 Å². The van der Waals surface area contributed by atoms with Gasteiger partial charge in [0.25, 0.3) is 11.1 Å². The molecule has 2 amide bonds. The summed E-state index contributed by atoms with van der Waals surface area (Å²) in [7, 11) is 1.59. The van der Waals surface area contributed by atoms with Crippen molar-refractivity contribution in [2.45, 2.75) is 33.3 Å². The van der Waals surface area contributed by atoms with Crippen LogP contribution < -0.4 is 4.74 Å². The molecule has 1 aromatic rings. The largest absolute Gasteiger partial charge is 0.496 e. The highest BCUT2D eigenvalue weighted by Gasteiger charge is 2.37. The van der Waals surface area contributed by atoms with Crippen LogP contribution in [0.3, 0.4) is 0 Å². The van der Waals surface area contributed by atoms with Crippen LogP contribution >= 0.6 is 11.8 Å². The highest BCUT2D eigenvalue weighted by atomic mass is 32.2. The number of hydrogen-bond donors (Lipinski definition) is 0. The van der Waals surface area contributed by atoms with Crippen LogP contribution in [-0.4, -0.2) is 41.3 Å². The molecule has 0 radical (unpaired) electrons. The van der Waals surface area contributed by atoms with Gasteiger partial charge in [0.1, 0.15) is 17.9 Å². The van der Waals surface area contributed by atoms with Gasteiger partial charge >= 0.3 is 5.97 Å². The van der Waals surface area contributed by atoms with Crippen molar-refractivity contribution in [3.05, 3.63) is 34.2 Å². The van der Waals surface area contributed by atoms with Crippen LogP contribution in [0.25, 0.3) is 6.08 Å². The molecule has 1 aromatic carbocycles. The van der Waals surface area contributed by atoms with E-state index in [9.17, 15) is 14.4 Å². The van der Waals surface area contributed by atoms with Crippen molar-refractivity contribution in [3.8, 4) is 5.75 Å². The standard InChI is InChI=1S/C18H21NO5S/c1-11-8-12(6-7-13(11)23-5)9-14-16(21)19(17(22)25-14)10-15(20)24-18(2,3)4/h6-9H,10H2,1-5H3/b14-9+. The molecule has 0 N–H and O–H groups in total. The Kier molecular flexibility index (Phi) is 5.57. The summed E-state index contributed by atoms with van der Waals surface area (Å²) < 4.78 is 10.4. The molecule has 2 rings (SSSR count). The maximum atomic E-state index is 12.4. The minimum Gasteiger partial charge on any atom is -0.496 e. The Balaban J connectivity index is 2.15. The molecule has 1 fully saturated rings. The molecule has 0 aromatic heterocycles. The number of amides is 2. The van der Waals surface area contributed by atoms with Gasteiger partial charge in [-0.3, -0.25) is 19.3 Å². The van der Waals surface area contributed by atoms with E-state index in [0.29, 0.717) is 0 Å². The summed E-state index contributed by atoms with van der Waals surface area (Å²) in [5, 5.41) is -0.479. The van der Waals surface area contributed by atoms with Crippen molar-refractivity contribution in [1.29, 1.82) is 0 Å². The number of esters is 1. The van der Waals surface area contributed by atoms with Gasteiger partial charge in [0.15, 0.2) is 0 Å². The summed E-state index contributed by atoms with van der Waals surface area (Å²) in [4.78, 5) is 37.5. The molecule has 0 saturated carbocycles. The number of imide groups is 1. The SMILES string of the molecule is COc1ccc(/C=C2/SC(=O)N(CC(=O)OC(C)(C)C)C2=O)cc1C. The number of hydrogen-bond acceptors (Lipinski definition) is 6. The lowest BCUT2D eigenvalue weighted by Gasteiger charge is -2.21. The van der Waals surface area contributed by atoms with Gasteiger partial charge in [-0.15, -0.1) is 0 Å². The Morgan fingerprint density at radius 3 is 2.52 bits per heavy atom. The fourth-order valence-electron chi connectivity index (χ4n) is 2.28. The lowest BCUT2D eigenvalue weighted by Crippen LogP contribution is -2.37. The maximum absolute atomic E-state index is 12.4. The fourth-order valence-corrected chi connectivity index (χ4v) is 3.12. The smallest absolute Gasteiger partial charge is 0.326 e. The molecule has 6 nitrogen and oxygen atoms in total. The third kappa shape index (κ3) is 4.85. The first-order valence-electron chi connectivity index (χ1n) is 7.72. The lowest BCUT2D eigenvalue weighted by atomic mass is 10.1. The Hall–Kier alpha value is -2.28. The number of methoxy groups -OCH3 is 1. The van der Waals surface area contributed by atoms with Gasteiger partial charge in [0, 0.05) is 0 Å². The molecular formula is C18H21NO5S. The number of nitrogens with zero attached hydrogens (tertiary/aromatic N) is 1. The van der Waals surface area contributed by atoms with Gasteiger partial charge in [0.05, 0.1) is 12.0 Å². The van der Waals surface area contributed by atoms with E-state index in [1.807, 2.05) is 13.0 Å². The van der Waals surface area contributed by atoms with Gasteiger partial charge in [-0.05, 0) is 68.8 Å². The van der Waals surface area contributed by atoms with Crippen LogP contribution in [0, 0.1) is 6.92 Å². The van der Waals surface area contributed by atoms with Crippen molar-refractivity contribution >= 4 is 35.0 Å². The first-order valence-corrected chi connectivity index (χ1v) is 8.54. The monoisotopic (exact) mass is 363 g/mol. The quantitative estimate of drug-likeness (QED) is 0.603. The summed E-state index contributed by atoms with van der Waals surface area (Å²) in [6.07, 6.45) is 1.63. The molecule has 1 aliphatic rings. The van der Waals surface area contributed by atoms with Gasteiger partial charge in [-0.25, -0.2) is 0 Å². The van der Waals surface area contributed by atoms with Crippen molar-refractivity contribution < 1.29 is 23.9 Å². The van der Waals surface area contributed by atoms with Gasteiger partial charge < -0.3 is 9.47 Å². The summed E-state index contributed by atoms with van der Waals surface area (Å²) >= 11 is 0.812. The van der Waals surface area contributed by atoms with E-state index in [0.717, 1.165) is 33.5 Å². The predicted octanol–water partition coefficient (Wildman–Crippen LogP) is 3.38. The third-order valence-corrected chi connectivity index (χ3v) is 4.20. The first-order chi connectivity index (χ1) is 11.6. The van der Waals surface area contributed by atoms with Crippen molar-refractivity contribution in [3.63, 3.8) is 0 Å². The molecule has 0 unspecified atom stereocenters. The van der Waals surface area contributed by atoms with Crippen molar-refractivity contribution in [2.24, 2.45) is 0 Å². The van der Waals surface area contributed by atoms with Crippen LogP contribution in [0.2, 0.25) is 0 Å². The average Bonchev–Trinajstić information content (AvgIpc) is 2.73. The first kappa shape index (κ1) is 19.1. The zero-order valence-corrected chi connectivity index (χ0v) is 15.7. The highest BCUT2D eigenvalue weighted by molar-refractivity contribution is 8.18. The van der Waals surface area contributed by atoms with Gasteiger partial charge in [0.2, 0.25) is 0 Å². The van der Waals surface area contributed by atoms with E-state index in [4.69, 9.17) is 9.47 Å². The van der Waals surface area contributed by atoms with E-state index < -0.39 is 22.7 Å². The number of ether oxygens (including phenoxy) is 2. The number of carbonyl (C=O) groups is 3. The number of carbonyl (C=O) groups excluding carboxylic acids is 3. The van der Waals surface area contributed by atoms with E-state index in [1.54, 1.807) is 46.1 Å². The van der Waals surface area contributed by atoms with Crippen LogP contribution in [0.15, 0.2) is 23.1 Å². The van der Waals surface area contributed by atoms with E-state index in [2.05, 4.69) is 0 Å². The summed E-state index contributed by atoms with van der Waals surface area (Å²) in [6, 6.07) is 5.46. The minimum atomic E-state index is -0.671. The van der Waals surface area contributed by atoms with Crippen molar-refractivity contribution in [2.75, 3.05) is 13.7 Å². The number of thioether (sulfide) groups is 1. The molecule has 7 heteroatoms. The lowest BCUT2D eigenvalue weighted by molar-refractivity contribution is -0.156. The second-order valence-electron chi connectivity index (χ2n) is 6.58. The summed E-state index contributed by atoms with van der Waals surface area (Å²) in [5.74, 6) is -0.360. The summed E-state index contributed by atoms with van der Waals surface area (Å²) in [6.45, 7) is 6.69. The molecule has 0 bridgehead atoms. The normalized spacial score (nSPS) is 16.5. The fraction of sp³-hybridized carbons (Fsp3) is 0.389. The second kappa shape index (κ2) is 7.31. The molecule has 0 spiro atoms. The third-order valence-electron chi connectivity index (χ3n) is 3.30. The van der Waals surface area contributed by atoms with Crippen LogP contribution in [0.5, 0.6) is 5.75 Å². The Labute approximate surface area is 151 Å². The average molecular weight is 363 g/mol. The Bertz CT molecular complexity index is 748. The number of rotatable bonds is 4. The van der Waals surface area contributed by atoms with Crippen molar-refractivity contribution in [1.82, 2.24) is 4.90 Å². The Morgan fingerprint density at radius 2 is 1.96 bits per heavy atom. The van der Waals surface area contributed by atoms with Gasteiger partial charge in [-0.2, -0.15) is 0 Å². The molecule has 25 heavy (non-hydrogen) atoms. The molecule has 1 saturated heterocycles. The molecule has 1 aliphatic heterocycles. The summed E-state index contributed by atoms with van der Waals surface area (Å²) in [5.41, 5.74) is 1.03. The minimum absolute atomic E-state index is 0.276. The van der Waals surface area contributed by atoms with E-state index >= 15 is 0 Å². The second-order valence-corrected chi connectivity index (χ2v) is 7.58. The zero-order valence-electron chi connectivity index (χ0n) is 14.9. The van der Waals surface area contributed by atoms with Crippen LogP contribution in [0.4, 0.5) is 4.79 Å². The Morgan fingerprint density at radius 1 is 1.28 bits per heavy atom. The molecule has 0 atom stereocenters. The maximum Gasteiger partial charge on any atom is 0.326 e. The number of aryl methyl sites for hydroxylation is 1. The topological polar surface area (TPSA) is 72.9 Å². The van der Waals surface area contributed by atoms with E-state index in [-0.39, 0.29) is 11.4 Å². The van der Waals surface area contributed by atoms with Crippen LogP contribution in [-0.2, 0) is 14.3 Å². The van der Waals surface area contributed by atoms with E-state index in [1.165, 1.54) is 0 Å². The highest BCUT2D eigenvalue weighted by Crippen LogP contribution is 2.32. The van der Waals surface area contributed by atoms with Crippen LogP contribution in [0.1, 0.15) is 31.9 Å². The molecule has 1 heterocycles. The molecule has 0 aliphatic carbocycles. The molecule has 134 valence electrons. The number of benzene rings is 1.